The van der Waals surface area contributed by atoms with Crippen molar-refractivity contribution < 1.29 is 4.79 Å². The Balaban J connectivity index is 0.00000562. The third kappa shape index (κ3) is 20.0. The van der Waals surface area contributed by atoms with Crippen molar-refractivity contribution in [2.45, 2.75) is 126 Å². The molecule has 1 nitrogen and oxygen atoms in total. The summed E-state index contributed by atoms with van der Waals surface area (Å²) in [7, 11) is 0. The summed E-state index contributed by atoms with van der Waals surface area (Å²) in [4.78, 5) is 12.3. The molecule has 35 heavy (non-hydrogen) atoms. The summed E-state index contributed by atoms with van der Waals surface area (Å²) in [5, 5.41) is 0. The van der Waals surface area contributed by atoms with Gasteiger partial charge in [0.05, 0.1) is 0 Å². The summed E-state index contributed by atoms with van der Waals surface area (Å²) < 4.78 is 0. The first kappa shape index (κ1) is 33.1. The van der Waals surface area contributed by atoms with E-state index in [0.29, 0.717) is 16.6 Å². The van der Waals surface area contributed by atoms with E-state index in [1.165, 1.54) is 31.2 Å². The third-order valence-corrected chi connectivity index (χ3v) is 6.70. The highest BCUT2D eigenvalue weighted by Gasteiger charge is 2.18. The fraction of sp³-hybridized carbons (Fsp3) is 0.618. The van der Waals surface area contributed by atoms with E-state index in [2.05, 4.69) is 82.3 Å². The normalized spacial score (nSPS) is 12.4. The molecule has 1 rings (SSSR count). The van der Waals surface area contributed by atoms with Crippen LogP contribution in [0.25, 0.3) is 0 Å². The molecule has 1 heteroatoms. The van der Waals surface area contributed by atoms with Crippen molar-refractivity contribution in [3.63, 3.8) is 0 Å². The highest BCUT2D eigenvalue weighted by Crippen LogP contribution is 2.31. The lowest BCUT2D eigenvalue weighted by molar-refractivity contribution is -0.119. The average Bonchev–Trinajstić information content (AvgIpc) is 2.85. The van der Waals surface area contributed by atoms with Crippen molar-refractivity contribution in [2.75, 3.05) is 0 Å². The summed E-state index contributed by atoms with van der Waals surface area (Å²) in [6.07, 6.45) is 25.7. The van der Waals surface area contributed by atoms with E-state index in [0.717, 1.165) is 51.4 Å². The van der Waals surface area contributed by atoms with Gasteiger partial charge in [-0.2, -0.15) is 0 Å². The van der Waals surface area contributed by atoms with E-state index >= 15 is 0 Å². The average molecular weight is 481 g/mol. The van der Waals surface area contributed by atoms with Gasteiger partial charge in [0.1, 0.15) is 5.78 Å². The van der Waals surface area contributed by atoms with Crippen LogP contribution in [0.5, 0.6) is 0 Å². The zero-order valence-corrected chi connectivity index (χ0v) is 24.2. The highest BCUT2D eigenvalue weighted by atomic mass is 16.1. The van der Waals surface area contributed by atoms with Gasteiger partial charge in [-0.25, -0.2) is 0 Å². The van der Waals surface area contributed by atoms with Gasteiger partial charge in [0, 0.05) is 12.8 Å². The maximum Gasteiger partial charge on any atom is 0.132 e. The van der Waals surface area contributed by atoms with Crippen molar-refractivity contribution >= 4 is 5.78 Å². The molecule has 0 fully saturated rings. The number of unbranched alkanes of at least 4 members (excludes halogenated alkanes) is 2. The topological polar surface area (TPSA) is 17.1 Å². The molecule has 0 aliphatic carbocycles. The van der Waals surface area contributed by atoms with Crippen LogP contribution in [0.3, 0.4) is 0 Å². The molecule has 0 saturated carbocycles. The molecular formula is C34H56O. The lowest BCUT2D eigenvalue weighted by Gasteiger charge is -2.24. The van der Waals surface area contributed by atoms with E-state index in [-0.39, 0.29) is 0 Å². The Morgan fingerprint density at radius 1 is 0.714 bits per heavy atom. The fourth-order valence-corrected chi connectivity index (χ4v) is 4.24. The minimum absolute atomic E-state index is 0.350. The van der Waals surface area contributed by atoms with Crippen molar-refractivity contribution in [1.29, 1.82) is 0 Å². The number of allylic oxidation sites excluding steroid dienone is 6. The van der Waals surface area contributed by atoms with Gasteiger partial charge in [-0.05, 0) is 74.7 Å². The Hall–Kier alpha value is -1.89. The van der Waals surface area contributed by atoms with Crippen molar-refractivity contribution in [3.8, 4) is 0 Å². The molecule has 198 valence electrons. The lowest BCUT2D eigenvalue weighted by atomic mass is 9.81. The molecule has 1 aromatic rings. The van der Waals surface area contributed by atoms with Gasteiger partial charge in [-0.3, -0.25) is 4.79 Å². The van der Waals surface area contributed by atoms with Crippen LogP contribution in [0.2, 0.25) is 0 Å². The van der Waals surface area contributed by atoms with Crippen LogP contribution in [-0.4, -0.2) is 5.78 Å². The number of carbonyl (C=O) groups excluding carboxylic acids is 1. The van der Waals surface area contributed by atoms with E-state index < -0.39 is 0 Å². The van der Waals surface area contributed by atoms with E-state index in [1.807, 2.05) is 32.9 Å². The highest BCUT2D eigenvalue weighted by molar-refractivity contribution is 5.78. The quantitative estimate of drug-likeness (QED) is 0.151. The number of rotatable bonds is 18. The summed E-state index contributed by atoms with van der Waals surface area (Å²) in [5.41, 5.74) is 2.13. The van der Waals surface area contributed by atoms with Crippen molar-refractivity contribution in [3.05, 3.63) is 72.4 Å². The van der Waals surface area contributed by atoms with Crippen LogP contribution in [-0.2, 0) is 11.2 Å². The van der Waals surface area contributed by atoms with Crippen molar-refractivity contribution in [1.82, 2.24) is 0 Å². The van der Waals surface area contributed by atoms with Gasteiger partial charge in [0.15, 0.2) is 0 Å². The smallest absolute Gasteiger partial charge is 0.132 e. The van der Waals surface area contributed by atoms with Gasteiger partial charge in [-0.15, -0.1) is 0 Å². The second kappa shape index (κ2) is 20.3. The summed E-state index contributed by atoms with van der Waals surface area (Å²) in [6.45, 7) is 15.5. The second-order valence-corrected chi connectivity index (χ2v) is 11.1. The largest absolute Gasteiger partial charge is 0.300 e. The molecule has 0 aliphatic rings. The molecule has 1 aromatic carbocycles. The number of benzene rings is 1. The van der Waals surface area contributed by atoms with Crippen molar-refractivity contribution in [2.24, 2.45) is 10.8 Å². The van der Waals surface area contributed by atoms with E-state index in [9.17, 15) is 4.79 Å². The second-order valence-electron chi connectivity index (χ2n) is 11.1. The first-order valence-corrected chi connectivity index (χ1v) is 14.2. The van der Waals surface area contributed by atoms with Crippen LogP contribution in [0.15, 0.2) is 66.8 Å². The Morgan fingerprint density at radius 2 is 1.26 bits per heavy atom. The number of ketones is 1. The first-order chi connectivity index (χ1) is 16.7. The number of hydrogen-bond acceptors (Lipinski definition) is 1. The van der Waals surface area contributed by atoms with Crippen LogP contribution in [0, 0.1) is 10.8 Å². The molecule has 0 heterocycles. The molecule has 0 unspecified atom stereocenters. The summed E-state index contributed by atoms with van der Waals surface area (Å²) >= 11 is 0. The SMILES string of the molecule is CC.C\C=C/C=C\C=C\CCC(C)(C)CCCCC(=O)CCCCC(C)(C)CCc1ccccc1. The summed E-state index contributed by atoms with van der Waals surface area (Å²) in [6, 6.07) is 10.8. The molecule has 0 N–H and O–H groups in total. The van der Waals surface area contributed by atoms with Gasteiger partial charge in [-0.1, -0.05) is 121 Å². The van der Waals surface area contributed by atoms with Gasteiger partial charge < -0.3 is 0 Å². The molecular weight excluding hydrogens is 424 g/mol. The number of Topliss-reactive ketones (excluding diaryl/α,β-unsaturated/α-hetero) is 1. The lowest BCUT2D eigenvalue weighted by Crippen LogP contribution is -2.13. The monoisotopic (exact) mass is 480 g/mol. The molecule has 0 aromatic heterocycles. The zero-order valence-electron chi connectivity index (χ0n) is 24.2. The van der Waals surface area contributed by atoms with Gasteiger partial charge in [0.25, 0.3) is 0 Å². The number of hydrogen-bond donors (Lipinski definition) is 0. The minimum Gasteiger partial charge on any atom is -0.300 e. The maximum absolute atomic E-state index is 12.3. The Morgan fingerprint density at radius 3 is 1.83 bits per heavy atom. The Bertz CT molecular complexity index is 718. The van der Waals surface area contributed by atoms with Gasteiger partial charge in [0.2, 0.25) is 0 Å². The minimum atomic E-state index is 0.350. The maximum atomic E-state index is 12.3. The molecule has 0 spiro atoms. The molecule has 0 aliphatic heterocycles. The molecule has 0 atom stereocenters. The van der Waals surface area contributed by atoms with Gasteiger partial charge >= 0.3 is 0 Å². The molecule has 0 amide bonds. The standard InChI is InChI=1S/C32H50O.C2H6/c1-6-7-8-9-10-11-17-25-31(2,3)26-18-15-22-30(33)23-16-19-27-32(4,5)28-24-29-20-13-12-14-21-29;1-2/h6-14,20-21H,15-19,22-28H2,1-5H3;1-2H3/b7-6-,9-8-,11-10+;. The Labute approximate surface area is 219 Å². The number of aryl methyl sites for hydroxylation is 1. The van der Waals surface area contributed by atoms with E-state index in [4.69, 9.17) is 0 Å². The molecule has 0 radical (unpaired) electrons. The van der Waals surface area contributed by atoms with Crippen LogP contribution in [0.4, 0.5) is 0 Å². The molecule has 0 bridgehead atoms. The predicted octanol–water partition coefficient (Wildman–Crippen LogP) is 10.9. The van der Waals surface area contributed by atoms with E-state index in [1.54, 1.807) is 0 Å². The molecule has 0 saturated heterocycles. The first-order valence-electron chi connectivity index (χ1n) is 14.2. The van der Waals surface area contributed by atoms with Crippen LogP contribution >= 0.6 is 0 Å². The van der Waals surface area contributed by atoms with Crippen LogP contribution < -0.4 is 0 Å². The third-order valence-electron chi connectivity index (χ3n) is 6.70. The van der Waals surface area contributed by atoms with Crippen LogP contribution in [0.1, 0.15) is 125 Å². The zero-order chi connectivity index (χ0) is 26.4. The summed E-state index contributed by atoms with van der Waals surface area (Å²) in [5.74, 6) is 0.464. The fourth-order valence-electron chi connectivity index (χ4n) is 4.24. The number of carbonyl (C=O) groups is 1. The Kier molecular flexibility index (Phi) is 19.2. The predicted molar refractivity (Wildman–Crippen MR) is 158 cm³/mol.